The zero-order valence-corrected chi connectivity index (χ0v) is 11.7. The first-order valence-corrected chi connectivity index (χ1v) is 6.80. The fourth-order valence-electron chi connectivity index (χ4n) is 1.71. The second-order valence-corrected chi connectivity index (χ2v) is 5.27. The highest BCUT2D eigenvalue weighted by atomic mass is 32.1. The summed E-state index contributed by atoms with van der Waals surface area (Å²) < 4.78 is 0. The third-order valence-electron chi connectivity index (χ3n) is 2.75. The number of hydrogen-bond acceptors (Lipinski definition) is 5. The van der Waals surface area contributed by atoms with E-state index in [9.17, 15) is 4.79 Å². The van der Waals surface area contributed by atoms with Crippen molar-refractivity contribution in [3.63, 3.8) is 0 Å². The van der Waals surface area contributed by atoms with Crippen LogP contribution >= 0.6 is 11.3 Å². The topological polar surface area (TPSA) is 58.1 Å². The Balaban J connectivity index is 1.98. The smallest absolute Gasteiger partial charge is 0.271 e. The van der Waals surface area contributed by atoms with Crippen molar-refractivity contribution in [3.05, 3.63) is 46.7 Å². The van der Waals surface area contributed by atoms with Gasteiger partial charge in [0.1, 0.15) is 5.69 Å². The van der Waals surface area contributed by atoms with Crippen LogP contribution in [0.1, 0.15) is 21.4 Å². The lowest BCUT2D eigenvalue weighted by atomic mass is 10.2. The number of aromatic nitrogens is 2. The fraction of sp³-hybridized carbons (Fsp3) is 0.308. The number of nitrogens with zero attached hydrogens (tertiary/aromatic N) is 3. The van der Waals surface area contributed by atoms with Gasteiger partial charge in [0, 0.05) is 23.8 Å². The predicted molar refractivity (Wildman–Crippen MR) is 75.1 cm³/mol. The van der Waals surface area contributed by atoms with E-state index in [0.717, 1.165) is 0 Å². The molecule has 2 aromatic heterocycles. The molecule has 19 heavy (non-hydrogen) atoms. The summed E-state index contributed by atoms with van der Waals surface area (Å²) in [5, 5.41) is 4.93. The molecule has 0 aromatic carbocycles. The van der Waals surface area contributed by atoms with Gasteiger partial charge in [-0.15, -0.1) is 11.3 Å². The van der Waals surface area contributed by atoms with Crippen molar-refractivity contribution in [1.29, 1.82) is 0 Å². The summed E-state index contributed by atoms with van der Waals surface area (Å²) in [5.74, 6) is -0.198. The highest BCUT2D eigenvalue weighted by molar-refractivity contribution is 7.10. The van der Waals surface area contributed by atoms with E-state index in [1.165, 1.54) is 17.3 Å². The van der Waals surface area contributed by atoms with Gasteiger partial charge >= 0.3 is 0 Å². The molecule has 6 heteroatoms. The maximum Gasteiger partial charge on any atom is 0.271 e. The summed E-state index contributed by atoms with van der Waals surface area (Å²) in [7, 11) is 4.00. The quantitative estimate of drug-likeness (QED) is 0.900. The highest BCUT2D eigenvalue weighted by Gasteiger charge is 2.17. The molecule has 1 N–H and O–H groups in total. The molecule has 0 saturated heterocycles. The van der Waals surface area contributed by atoms with Crippen LogP contribution in [-0.4, -0.2) is 41.4 Å². The Labute approximate surface area is 116 Å². The molecule has 5 nitrogen and oxygen atoms in total. The van der Waals surface area contributed by atoms with E-state index in [4.69, 9.17) is 0 Å². The van der Waals surface area contributed by atoms with Gasteiger partial charge < -0.3 is 10.2 Å². The minimum absolute atomic E-state index is 0.167. The van der Waals surface area contributed by atoms with Gasteiger partial charge in [-0.2, -0.15) is 0 Å². The van der Waals surface area contributed by atoms with Gasteiger partial charge in [-0.25, -0.2) is 4.98 Å². The van der Waals surface area contributed by atoms with Crippen LogP contribution in [0.5, 0.6) is 0 Å². The summed E-state index contributed by atoms with van der Waals surface area (Å²) in [4.78, 5) is 23.1. The molecule has 0 aliphatic heterocycles. The molecule has 1 unspecified atom stereocenters. The zero-order chi connectivity index (χ0) is 13.7. The summed E-state index contributed by atoms with van der Waals surface area (Å²) in [6.07, 6.45) is 4.52. The van der Waals surface area contributed by atoms with E-state index < -0.39 is 0 Å². The second kappa shape index (κ2) is 6.40. The highest BCUT2D eigenvalue weighted by Crippen LogP contribution is 2.22. The van der Waals surface area contributed by atoms with Crippen LogP contribution < -0.4 is 5.32 Å². The third-order valence-corrected chi connectivity index (χ3v) is 3.72. The molecular weight excluding hydrogens is 260 g/mol. The average molecular weight is 276 g/mol. The van der Waals surface area contributed by atoms with Gasteiger partial charge in [0.05, 0.1) is 12.2 Å². The van der Waals surface area contributed by atoms with Crippen LogP contribution in [0, 0.1) is 0 Å². The number of carbonyl (C=O) groups excluding carboxylic acids is 1. The Bertz CT molecular complexity index is 513. The molecule has 0 radical (unpaired) electrons. The number of hydrogen-bond donors (Lipinski definition) is 1. The average Bonchev–Trinajstić information content (AvgIpc) is 2.93. The monoisotopic (exact) mass is 276 g/mol. The predicted octanol–water partition coefficient (Wildman–Crippen LogP) is 1.57. The first kappa shape index (κ1) is 13.6. The van der Waals surface area contributed by atoms with E-state index in [2.05, 4.69) is 26.3 Å². The van der Waals surface area contributed by atoms with Gasteiger partial charge in [-0.1, -0.05) is 6.07 Å². The normalized spacial score (nSPS) is 12.4. The van der Waals surface area contributed by atoms with Crippen LogP contribution in [-0.2, 0) is 0 Å². The van der Waals surface area contributed by atoms with Crippen molar-refractivity contribution in [2.24, 2.45) is 0 Å². The molecular formula is C13H16N4OS. The van der Waals surface area contributed by atoms with Gasteiger partial charge in [0.25, 0.3) is 5.91 Å². The molecule has 0 bridgehead atoms. The van der Waals surface area contributed by atoms with E-state index in [1.54, 1.807) is 17.5 Å². The zero-order valence-electron chi connectivity index (χ0n) is 10.9. The Kier molecular flexibility index (Phi) is 4.59. The number of likely N-dealkylation sites (N-methyl/N-ethyl adjacent to an activating group) is 1. The number of rotatable bonds is 5. The SMILES string of the molecule is CN(C)C(CNC(=O)c1cnccn1)c1cccs1. The lowest BCUT2D eigenvalue weighted by Crippen LogP contribution is -2.34. The first-order valence-electron chi connectivity index (χ1n) is 5.92. The molecule has 1 atom stereocenters. The van der Waals surface area contributed by atoms with E-state index >= 15 is 0 Å². The van der Waals surface area contributed by atoms with Crippen LogP contribution in [0.2, 0.25) is 0 Å². The van der Waals surface area contributed by atoms with Crippen molar-refractivity contribution in [2.45, 2.75) is 6.04 Å². The minimum atomic E-state index is -0.198. The Morgan fingerprint density at radius 2 is 2.32 bits per heavy atom. The minimum Gasteiger partial charge on any atom is -0.349 e. The van der Waals surface area contributed by atoms with E-state index in [0.29, 0.717) is 12.2 Å². The summed E-state index contributed by atoms with van der Waals surface area (Å²) in [6, 6.07) is 4.26. The van der Waals surface area contributed by atoms with Crippen molar-refractivity contribution in [3.8, 4) is 0 Å². The van der Waals surface area contributed by atoms with Crippen LogP contribution in [0.25, 0.3) is 0 Å². The molecule has 0 spiro atoms. The summed E-state index contributed by atoms with van der Waals surface area (Å²) in [6.45, 7) is 0.545. The molecule has 2 rings (SSSR count). The number of amides is 1. The molecule has 2 aromatic rings. The Morgan fingerprint density at radius 3 is 2.89 bits per heavy atom. The Morgan fingerprint density at radius 1 is 1.47 bits per heavy atom. The van der Waals surface area contributed by atoms with Gasteiger partial charge in [-0.05, 0) is 25.5 Å². The maximum atomic E-state index is 11.9. The molecule has 0 fully saturated rings. The lowest BCUT2D eigenvalue weighted by molar-refractivity contribution is 0.0937. The maximum absolute atomic E-state index is 11.9. The largest absolute Gasteiger partial charge is 0.349 e. The summed E-state index contributed by atoms with van der Waals surface area (Å²) >= 11 is 1.69. The van der Waals surface area contributed by atoms with Crippen molar-refractivity contribution < 1.29 is 4.79 Å². The lowest BCUT2D eigenvalue weighted by Gasteiger charge is -2.23. The molecule has 0 saturated carbocycles. The van der Waals surface area contributed by atoms with Crippen LogP contribution in [0.3, 0.4) is 0 Å². The standard InChI is InChI=1S/C13H16N4OS/c1-17(2)11(12-4-3-7-19-12)9-16-13(18)10-8-14-5-6-15-10/h3-8,11H,9H2,1-2H3,(H,16,18). The van der Waals surface area contributed by atoms with Crippen LogP contribution in [0.4, 0.5) is 0 Å². The van der Waals surface area contributed by atoms with Gasteiger partial charge in [0.15, 0.2) is 0 Å². The number of thiophene rings is 1. The first-order chi connectivity index (χ1) is 9.18. The van der Waals surface area contributed by atoms with E-state index in [-0.39, 0.29) is 11.9 Å². The summed E-state index contributed by atoms with van der Waals surface area (Å²) in [5.41, 5.74) is 0.339. The van der Waals surface area contributed by atoms with Gasteiger partial charge in [0.2, 0.25) is 0 Å². The molecule has 100 valence electrons. The van der Waals surface area contributed by atoms with Crippen LogP contribution in [0.15, 0.2) is 36.1 Å². The fourth-order valence-corrected chi connectivity index (χ4v) is 2.64. The van der Waals surface area contributed by atoms with E-state index in [1.807, 2.05) is 25.5 Å². The van der Waals surface area contributed by atoms with Crippen molar-refractivity contribution in [1.82, 2.24) is 20.2 Å². The van der Waals surface area contributed by atoms with Crippen molar-refractivity contribution >= 4 is 17.2 Å². The van der Waals surface area contributed by atoms with Gasteiger partial charge in [-0.3, -0.25) is 9.78 Å². The number of carbonyl (C=O) groups is 1. The molecule has 0 aliphatic carbocycles. The molecule has 1 amide bonds. The third kappa shape index (κ3) is 3.59. The molecule has 2 heterocycles. The second-order valence-electron chi connectivity index (χ2n) is 4.30. The van der Waals surface area contributed by atoms with Crippen molar-refractivity contribution in [2.75, 3.05) is 20.6 Å². The number of nitrogens with one attached hydrogen (secondary N) is 1. The Hall–Kier alpha value is -1.79. The molecule has 0 aliphatic rings.